The highest BCUT2D eigenvalue weighted by Gasteiger charge is 2.20. The Morgan fingerprint density at radius 1 is 1.27 bits per heavy atom. The van der Waals surface area contributed by atoms with Crippen LogP contribution < -0.4 is 4.74 Å². The van der Waals surface area contributed by atoms with Crippen molar-refractivity contribution in [2.75, 3.05) is 13.2 Å². The second-order valence-corrected chi connectivity index (χ2v) is 6.51. The number of thiophene rings is 1. The Morgan fingerprint density at radius 2 is 2.09 bits per heavy atom. The van der Waals surface area contributed by atoms with Gasteiger partial charge in [0.05, 0.1) is 6.61 Å². The largest absolute Gasteiger partial charge is 0.494 e. The van der Waals surface area contributed by atoms with Crippen molar-refractivity contribution in [1.29, 1.82) is 0 Å². The maximum Gasteiger partial charge on any atom is 0.223 e. The molecule has 116 valence electrons. The Labute approximate surface area is 135 Å². The summed E-state index contributed by atoms with van der Waals surface area (Å²) in [7, 11) is 0. The number of rotatable bonds is 5. The highest BCUT2D eigenvalue weighted by Crippen LogP contribution is 2.24. The minimum Gasteiger partial charge on any atom is -0.494 e. The monoisotopic (exact) mass is 315 g/mol. The number of aryl methyl sites for hydroxylation is 1. The molecule has 0 radical (unpaired) electrons. The highest BCUT2D eigenvalue weighted by molar-refractivity contribution is 7.10. The van der Waals surface area contributed by atoms with Gasteiger partial charge in [-0.25, -0.2) is 0 Å². The fraction of sp³-hybridized carbons (Fsp3) is 0.389. The molecule has 1 aliphatic heterocycles. The van der Waals surface area contributed by atoms with Crippen LogP contribution in [0, 0.1) is 0 Å². The molecule has 22 heavy (non-hydrogen) atoms. The second kappa shape index (κ2) is 6.97. The first kappa shape index (κ1) is 15.1. The number of hydrogen-bond acceptors (Lipinski definition) is 3. The highest BCUT2D eigenvalue weighted by atomic mass is 32.1. The van der Waals surface area contributed by atoms with Crippen molar-refractivity contribution in [2.24, 2.45) is 0 Å². The molecule has 0 saturated heterocycles. The third kappa shape index (κ3) is 3.50. The lowest BCUT2D eigenvalue weighted by Gasteiger charge is -2.27. The number of hydrogen-bond donors (Lipinski definition) is 0. The van der Waals surface area contributed by atoms with Crippen molar-refractivity contribution in [3.05, 3.63) is 51.7 Å². The Morgan fingerprint density at radius 3 is 2.86 bits per heavy atom. The van der Waals surface area contributed by atoms with E-state index in [2.05, 4.69) is 11.4 Å². The van der Waals surface area contributed by atoms with Crippen LogP contribution in [0.2, 0.25) is 0 Å². The molecule has 0 aliphatic carbocycles. The minimum atomic E-state index is 0.255. The molecule has 1 aromatic carbocycles. The average molecular weight is 315 g/mol. The third-order valence-electron chi connectivity index (χ3n) is 4.02. The number of nitrogens with zero attached hydrogens (tertiary/aromatic N) is 1. The Hall–Kier alpha value is -1.81. The smallest absolute Gasteiger partial charge is 0.223 e. The van der Waals surface area contributed by atoms with Gasteiger partial charge in [-0.2, -0.15) is 0 Å². The molecular weight excluding hydrogens is 294 g/mol. The van der Waals surface area contributed by atoms with Gasteiger partial charge >= 0.3 is 0 Å². The fourth-order valence-corrected chi connectivity index (χ4v) is 3.68. The Kier molecular flexibility index (Phi) is 4.78. The maximum absolute atomic E-state index is 12.4. The SMILES string of the molecule is CCOc1ccc(CCC(=O)N2CCc3sccc3C2)cc1. The number of benzene rings is 1. The first-order valence-electron chi connectivity index (χ1n) is 7.81. The van der Waals surface area contributed by atoms with Crippen molar-refractivity contribution in [2.45, 2.75) is 32.7 Å². The second-order valence-electron chi connectivity index (χ2n) is 5.51. The molecule has 0 saturated carbocycles. The lowest BCUT2D eigenvalue weighted by Crippen LogP contribution is -2.35. The normalized spacial score (nSPS) is 13.8. The molecule has 0 N–H and O–H groups in total. The van der Waals surface area contributed by atoms with Crippen LogP contribution in [-0.4, -0.2) is 24.0 Å². The lowest BCUT2D eigenvalue weighted by atomic mass is 10.1. The molecule has 2 heterocycles. The molecule has 0 fully saturated rings. The summed E-state index contributed by atoms with van der Waals surface area (Å²) in [6.07, 6.45) is 2.37. The Bertz CT molecular complexity index is 633. The molecule has 0 unspecified atom stereocenters. The van der Waals surface area contributed by atoms with E-state index in [-0.39, 0.29) is 5.91 Å². The molecule has 0 bridgehead atoms. The zero-order valence-electron chi connectivity index (χ0n) is 12.9. The van der Waals surface area contributed by atoms with E-state index in [1.165, 1.54) is 16.0 Å². The first-order valence-corrected chi connectivity index (χ1v) is 8.69. The van der Waals surface area contributed by atoms with Gasteiger partial charge in [0.1, 0.15) is 5.75 Å². The lowest BCUT2D eigenvalue weighted by molar-refractivity contribution is -0.132. The zero-order chi connectivity index (χ0) is 15.4. The molecule has 1 aromatic heterocycles. The van der Waals surface area contributed by atoms with Gasteiger partial charge < -0.3 is 9.64 Å². The third-order valence-corrected chi connectivity index (χ3v) is 5.05. The van der Waals surface area contributed by atoms with Crippen LogP contribution in [-0.2, 0) is 24.2 Å². The number of carbonyl (C=O) groups is 1. The maximum atomic E-state index is 12.4. The van der Waals surface area contributed by atoms with Crippen LogP contribution in [0.1, 0.15) is 29.3 Å². The van der Waals surface area contributed by atoms with E-state index in [0.29, 0.717) is 13.0 Å². The van der Waals surface area contributed by atoms with Gasteiger partial charge in [0.2, 0.25) is 5.91 Å². The number of fused-ring (bicyclic) bond motifs is 1. The van der Waals surface area contributed by atoms with Gasteiger partial charge in [-0.15, -0.1) is 11.3 Å². The summed E-state index contributed by atoms with van der Waals surface area (Å²) in [5.41, 5.74) is 2.51. The van der Waals surface area contributed by atoms with Gasteiger partial charge in [-0.3, -0.25) is 4.79 Å². The van der Waals surface area contributed by atoms with E-state index in [1.54, 1.807) is 11.3 Å². The van der Waals surface area contributed by atoms with Crippen LogP contribution in [0.15, 0.2) is 35.7 Å². The molecule has 1 amide bonds. The van der Waals surface area contributed by atoms with Gasteiger partial charge in [-0.1, -0.05) is 12.1 Å². The molecule has 2 aromatic rings. The average Bonchev–Trinajstić information content (AvgIpc) is 3.01. The van der Waals surface area contributed by atoms with Crippen molar-refractivity contribution in [1.82, 2.24) is 4.90 Å². The van der Waals surface area contributed by atoms with E-state index in [4.69, 9.17) is 4.74 Å². The topological polar surface area (TPSA) is 29.5 Å². The standard InChI is InChI=1S/C18H21NO2S/c1-2-21-16-6-3-14(4-7-16)5-8-18(20)19-11-9-17-15(13-19)10-12-22-17/h3-4,6-7,10,12H,2,5,8-9,11,13H2,1H3. The van der Waals surface area contributed by atoms with E-state index in [9.17, 15) is 4.79 Å². The van der Waals surface area contributed by atoms with Gasteiger partial charge in [0.25, 0.3) is 0 Å². The van der Waals surface area contributed by atoms with E-state index < -0.39 is 0 Å². The number of ether oxygens (including phenoxy) is 1. The molecular formula is C18H21NO2S. The summed E-state index contributed by atoms with van der Waals surface area (Å²) in [6, 6.07) is 10.2. The van der Waals surface area contributed by atoms with Gasteiger partial charge in [-0.05, 0) is 54.5 Å². The van der Waals surface area contributed by atoms with Crippen molar-refractivity contribution >= 4 is 17.2 Å². The van der Waals surface area contributed by atoms with Gasteiger partial charge in [0, 0.05) is 24.4 Å². The Balaban J connectivity index is 1.52. The fourth-order valence-electron chi connectivity index (χ4n) is 2.79. The predicted molar refractivity (Wildman–Crippen MR) is 89.4 cm³/mol. The van der Waals surface area contributed by atoms with Crippen LogP contribution in [0.3, 0.4) is 0 Å². The number of amides is 1. The van der Waals surface area contributed by atoms with Crippen molar-refractivity contribution in [3.63, 3.8) is 0 Å². The minimum absolute atomic E-state index is 0.255. The molecule has 3 rings (SSSR count). The summed E-state index contributed by atoms with van der Waals surface area (Å²) >= 11 is 1.80. The summed E-state index contributed by atoms with van der Waals surface area (Å²) in [6.45, 7) is 4.29. The van der Waals surface area contributed by atoms with Crippen molar-refractivity contribution in [3.8, 4) is 5.75 Å². The predicted octanol–water partition coefficient (Wildman–Crippen LogP) is 3.66. The zero-order valence-corrected chi connectivity index (χ0v) is 13.7. The summed E-state index contributed by atoms with van der Waals surface area (Å²) in [5, 5.41) is 2.12. The van der Waals surface area contributed by atoms with Crippen LogP contribution >= 0.6 is 11.3 Å². The summed E-state index contributed by atoms with van der Waals surface area (Å²) in [5.74, 6) is 1.14. The van der Waals surface area contributed by atoms with E-state index >= 15 is 0 Å². The molecule has 0 atom stereocenters. The molecule has 3 nitrogen and oxygen atoms in total. The molecule has 4 heteroatoms. The quantitative estimate of drug-likeness (QED) is 0.842. The number of carbonyl (C=O) groups excluding carboxylic acids is 1. The first-order chi connectivity index (χ1) is 10.8. The van der Waals surface area contributed by atoms with E-state index in [0.717, 1.165) is 31.7 Å². The summed E-state index contributed by atoms with van der Waals surface area (Å²) in [4.78, 5) is 15.8. The molecule has 0 spiro atoms. The van der Waals surface area contributed by atoms with Crippen LogP contribution in [0.4, 0.5) is 0 Å². The van der Waals surface area contributed by atoms with E-state index in [1.807, 2.05) is 36.1 Å². The summed E-state index contributed by atoms with van der Waals surface area (Å²) < 4.78 is 5.43. The molecule has 1 aliphatic rings. The van der Waals surface area contributed by atoms with Crippen LogP contribution in [0.25, 0.3) is 0 Å². The van der Waals surface area contributed by atoms with Crippen LogP contribution in [0.5, 0.6) is 5.75 Å². The van der Waals surface area contributed by atoms with Crippen molar-refractivity contribution < 1.29 is 9.53 Å². The van der Waals surface area contributed by atoms with Gasteiger partial charge in [0.15, 0.2) is 0 Å².